The molecule has 0 aliphatic heterocycles. The van der Waals surface area contributed by atoms with Crippen LogP contribution in [0.15, 0.2) is 28.2 Å². The van der Waals surface area contributed by atoms with Crippen molar-refractivity contribution < 1.29 is 13.2 Å². The van der Waals surface area contributed by atoms with Gasteiger partial charge in [-0.1, -0.05) is 26.8 Å². The number of hydrogen-bond acceptors (Lipinski definition) is 4. The molecule has 154 valence electrons. The van der Waals surface area contributed by atoms with Gasteiger partial charge in [0.15, 0.2) is 0 Å². The van der Waals surface area contributed by atoms with Crippen molar-refractivity contribution in [2.75, 3.05) is 6.54 Å². The fourth-order valence-corrected chi connectivity index (χ4v) is 5.66. The first kappa shape index (κ1) is 21.0. The van der Waals surface area contributed by atoms with Crippen LogP contribution in [0.4, 0.5) is 0 Å². The Labute approximate surface area is 168 Å². The zero-order valence-electron chi connectivity index (χ0n) is 17.4. The van der Waals surface area contributed by atoms with E-state index in [0.717, 1.165) is 29.7 Å². The minimum Gasteiger partial charge on any atom is -0.273 e. The maximum absolute atomic E-state index is 12.4. The Morgan fingerprint density at radius 1 is 1.21 bits per heavy atom. The van der Waals surface area contributed by atoms with Crippen LogP contribution in [-0.2, 0) is 14.8 Å². The molecule has 2 atom stereocenters. The Morgan fingerprint density at radius 2 is 1.93 bits per heavy atom. The van der Waals surface area contributed by atoms with Crippen LogP contribution in [0.1, 0.15) is 57.6 Å². The molecule has 0 saturated heterocycles. The predicted octanol–water partition coefficient (Wildman–Crippen LogP) is 3.29. The molecule has 0 radical (unpaired) electrons. The van der Waals surface area contributed by atoms with E-state index in [2.05, 4.69) is 36.0 Å². The largest absolute Gasteiger partial charge is 0.273 e. The van der Waals surface area contributed by atoms with Crippen LogP contribution >= 0.6 is 0 Å². The van der Waals surface area contributed by atoms with Gasteiger partial charge in [0.25, 0.3) is 0 Å². The molecule has 0 unspecified atom stereocenters. The first-order valence-corrected chi connectivity index (χ1v) is 11.4. The summed E-state index contributed by atoms with van der Waals surface area (Å²) in [6, 6.07) is 5.00. The van der Waals surface area contributed by atoms with E-state index in [1.807, 2.05) is 13.8 Å². The summed E-state index contributed by atoms with van der Waals surface area (Å²) in [6.07, 6.45) is 3.31. The SMILES string of the molecule is Cc1ccc(S(=O)(=O)NCCC(=O)N/N=C2/C[C@H]3CC[C@@]2(C)C3(C)C)cc1C. The highest BCUT2D eigenvalue weighted by molar-refractivity contribution is 7.89. The Hall–Kier alpha value is -1.73. The topological polar surface area (TPSA) is 87.6 Å². The van der Waals surface area contributed by atoms with E-state index in [4.69, 9.17) is 0 Å². The summed E-state index contributed by atoms with van der Waals surface area (Å²) in [5.74, 6) is 0.345. The Kier molecular flexibility index (Phi) is 5.44. The molecule has 2 bridgehead atoms. The van der Waals surface area contributed by atoms with Crippen LogP contribution in [0.5, 0.6) is 0 Å². The fraction of sp³-hybridized carbons (Fsp3) is 0.619. The second-order valence-electron chi connectivity index (χ2n) is 8.98. The number of amides is 1. The molecule has 2 fully saturated rings. The summed E-state index contributed by atoms with van der Waals surface area (Å²) in [6.45, 7) is 10.7. The zero-order valence-corrected chi connectivity index (χ0v) is 18.2. The summed E-state index contributed by atoms with van der Waals surface area (Å²) < 4.78 is 27.2. The molecule has 0 aromatic heterocycles. The molecule has 0 spiro atoms. The van der Waals surface area contributed by atoms with Crippen molar-refractivity contribution in [3.63, 3.8) is 0 Å². The van der Waals surface area contributed by atoms with E-state index < -0.39 is 10.0 Å². The number of carbonyl (C=O) groups is 1. The van der Waals surface area contributed by atoms with Crippen LogP contribution in [0, 0.1) is 30.6 Å². The van der Waals surface area contributed by atoms with Gasteiger partial charge in [0.1, 0.15) is 0 Å². The molecule has 1 aromatic rings. The smallest absolute Gasteiger partial charge is 0.241 e. The van der Waals surface area contributed by atoms with Gasteiger partial charge in [-0.05, 0) is 67.7 Å². The first-order valence-electron chi connectivity index (χ1n) is 9.90. The number of rotatable bonds is 6. The molecule has 1 amide bonds. The van der Waals surface area contributed by atoms with Gasteiger partial charge >= 0.3 is 0 Å². The van der Waals surface area contributed by atoms with E-state index >= 15 is 0 Å². The van der Waals surface area contributed by atoms with E-state index in [9.17, 15) is 13.2 Å². The normalized spacial score (nSPS) is 27.3. The highest BCUT2D eigenvalue weighted by atomic mass is 32.2. The highest BCUT2D eigenvalue weighted by Crippen LogP contribution is 2.63. The monoisotopic (exact) mass is 405 g/mol. The van der Waals surface area contributed by atoms with Gasteiger partial charge < -0.3 is 0 Å². The maximum Gasteiger partial charge on any atom is 0.241 e. The molecule has 0 heterocycles. The van der Waals surface area contributed by atoms with Gasteiger partial charge in [-0.15, -0.1) is 0 Å². The van der Waals surface area contributed by atoms with Gasteiger partial charge in [-0.3, -0.25) is 4.79 Å². The lowest BCUT2D eigenvalue weighted by molar-refractivity contribution is -0.120. The van der Waals surface area contributed by atoms with Gasteiger partial charge in [0, 0.05) is 24.1 Å². The summed E-state index contributed by atoms with van der Waals surface area (Å²) in [4.78, 5) is 12.4. The molecule has 2 N–H and O–H groups in total. The standard InChI is InChI=1S/C21H31N3O3S/c1-14-6-7-17(12-15(14)2)28(26,27)22-11-9-19(25)24-23-18-13-16-8-10-21(18,5)20(16,3)4/h6-7,12,16,22H,8-11,13H2,1-5H3,(H,24,25)/b23-18-/t16-,21-/m1/s1. The number of carbonyl (C=O) groups excluding carboxylic acids is 1. The third-order valence-electron chi connectivity index (χ3n) is 7.26. The molecule has 6 nitrogen and oxygen atoms in total. The van der Waals surface area contributed by atoms with Crippen LogP contribution in [-0.4, -0.2) is 26.6 Å². The molecule has 2 aliphatic carbocycles. The molecule has 2 saturated carbocycles. The zero-order chi connectivity index (χ0) is 20.7. The first-order chi connectivity index (χ1) is 13.0. The van der Waals surface area contributed by atoms with E-state index in [-0.39, 0.29) is 34.6 Å². The van der Waals surface area contributed by atoms with Gasteiger partial charge in [0.2, 0.25) is 15.9 Å². The second-order valence-corrected chi connectivity index (χ2v) is 10.7. The number of fused-ring (bicyclic) bond motifs is 2. The predicted molar refractivity (Wildman–Crippen MR) is 111 cm³/mol. The third-order valence-corrected chi connectivity index (χ3v) is 8.72. The molecular formula is C21H31N3O3S. The van der Waals surface area contributed by atoms with Crippen LogP contribution in [0.2, 0.25) is 0 Å². The van der Waals surface area contributed by atoms with Crippen LogP contribution in [0.25, 0.3) is 0 Å². The highest BCUT2D eigenvalue weighted by Gasteiger charge is 2.60. The van der Waals surface area contributed by atoms with Crippen molar-refractivity contribution in [3.05, 3.63) is 29.3 Å². The Bertz CT molecular complexity index is 921. The lowest BCUT2D eigenvalue weighted by Crippen LogP contribution is -2.34. The fourth-order valence-electron chi connectivity index (χ4n) is 4.55. The molecule has 7 heteroatoms. The van der Waals surface area contributed by atoms with Crippen molar-refractivity contribution in [1.82, 2.24) is 10.1 Å². The average Bonchev–Trinajstić information content (AvgIpc) is 2.95. The third kappa shape index (κ3) is 3.62. The second kappa shape index (κ2) is 7.26. The van der Waals surface area contributed by atoms with Gasteiger partial charge in [0.05, 0.1) is 4.90 Å². The lowest BCUT2D eigenvalue weighted by Gasteiger charge is -2.34. The van der Waals surface area contributed by atoms with Gasteiger partial charge in [-0.2, -0.15) is 5.10 Å². The van der Waals surface area contributed by atoms with E-state index in [1.54, 1.807) is 18.2 Å². The number of benzene rings is 1. The quantitative estimate of drug-likeness (QED) is 0.712. The van der Waals surface area contributed by atoms with Gasteiger partial charge in [-0.25, -0.2) is 18.6 Å². The van der Waals surface area contributed by atoms with Crippen LogP contribution < -0.4 is 10.1 Å². The number of nitrogens with zero attached hydrogens (tertiary/aromatic N) is 1. The Morgan fingerprint density at radius 3 is 2.50 bits per heavy atom. The number of aryl methyl sites for hydroxylation is 2. The van der Waals surface area contributed by atoms with Crippen molar-refractivity contribution in [1.29, 1.82) is 0 Å². The van der Waals surface area contributed by atoms with E-state index in [0.29, 0.717) is 5.92 Å². The summed E-state index contributed by atoms with van der Waals surface area (Å²) in [7, 11) is -3.62. The van der Waals surface area contributed by atoms with Crippen molar-refractivity contribution in [3.8, 4) is 0 Å². The summed E-state index contributed by atoms with van der Waals surface area (Å²) in [5.41, 5.74) is 5.89. The lowest BCUT2D eigenvalue weighted by atomic mass is 9.70. The molecule has 3 rings (SSSR count). The summed E-state index contributed by atoms with van der Waals surface area (Å²) in [5, 5.41) is 4.41. The van der Waals surface area contributed by atoms with Crippen molar-refractivity contribution in [2.24, 2.45) is 21.8 Å². The van der Waals surface area contributed by atoms with E-state index in [1.165, 1.54) is 6.42 Å². The molecule has 28 heavy (non-hydrogen) atoms. The van der Waals surface area contributed by atoms with Crippen molar-refractivity contribution >= 4 is 21.6 Å². The van der Waals surface area contributed by atoms with Crippen LogP contribution in [0.3, 0.4) is 0 Å². The minimum atomic E-state index is -3.62. The number of hydrazone groups is 1. The molecule has 2 aliphatic rings. The molecule has 1 aromatic carbocycles. The minimum absolute atomic E-state index is 0.0375. The molecular weight excluding hydrogens is 374 g/mol. The maximum atomic E-state index is 12.4. The number of hydrogen-bond donors (Lipinski definition) is 2. The average molecular weight is 406 g/mol. The number of nitrogens with one attached hydrogen (secondary N) is 2. The number of sulfonamides is 1. The van der Waals surface area contributed by atoms with Crippen molar-refractivity contribution in [2.45, 2.75) is 65.2 Å². The summed E-state index contributed by atoms with van der Waals surface area (Å²) >= 11 is 0. The Balaban J connectivity index is 1.53.